The molecule has 0 unspecified atom stereocenters. The highest BCUT2D eigenvalue weighted by atomic mass is 35.5. The number of hydrogen-bond donors (Lipinski definition) is 1. The van der Waals surface area contributed by atoms with Crippen LogP contribution in [0, 0.1) is 0 Å². The largest absolute Gasteiger partial charge is 0.390 e. The Kier molecular flexibility index (Phi) is 2.21. The van der Waals surface area contributed by atoms with Gasteiger partial charge in [-0.05, 0) is 0 Å². The Hall–Kier alpha value is -0.720. The molecule has 2 heterocycles. The molecule has 14 heavy (non-hydrogen) atoms. The molecule has 3 nitrogen and oxygen atoms in total. The van der Waals surface area contributed by atoms with Crippen LogP contribution in [0.4, 0.5) is 8.78 Å². The van der Waals surface area contributed by atoms with E-state index < -0.39 is 18.2 Å². The molecule has 0 fully saturated rings. The van der Waals surface area contributed by atoms with E-state index in [0.717, 1.165) is 0 Å². The number of fused-ring (bicyclic) bond motifs is 1. The van der Waals surface area contributed by atoms with E-state index in [1.54, 1.807) is 5.38 Å². The van der Waals surface area contributed by atoms with Crippen LogP contribution >= 0.6 is 22.9 Å². The normalized spacial score (nSPS) is 12.6. The molecular formula is C7H5ClF2N2OS. The lowest BCUT2D eigenvalue weighted by Crippen LogP contribution is -2.20. The lowest BCUT2D eigenvalue weighted by atomic mass is 10.3. The number of aliphatic hydroxyl groups is 1. The number of thiazole rings is 1. The second-order valence-electron chi connectivity index (χ2n) is 2.67. The molecule has 2 aromatic rings. The van der Waals surface area contributed by atoms with E-state index >= 15 is 0 Å². The summed E-state index contributed by atoms with van der Waals surface area (Å²) in [5.74, 6) is -3.36. The highest BCUT2D eigenvalue weighted by Gasteiger charge is 2.37. The van der Waals surface area contributed by atoms with Crippen LogP contribution in [0.1, 0.15) is 5.69 Å². The third-order valence-corrected chi connectivity index (χ3v) is 2.78. The summed E-state index contributed by atoms with van der Waals surface area (Å²) in [6.45, 7) is -1.28. The molecule has 1 N–H and O–H groups in total. The topological polar surface area (TPSA) is 37.5 Å². The predicted molar refractivity (Wildman–Crippen MR) is 49.1 cm³/mol. The minimum Gasteiger partial charge on any atom is -0.390 e. The average Bonchev–Trinajstić information content (AvgIpc) is 2.62. The number of rotatable bonds is 2. The molecule has 0 amide bonds. The molecular weight excluding hydrogens is 234 g/mol. The first-order valence-electron chi connectivity index (χ1n) is 3.66. The van der Waals surface area contributed by atoms with E-state index in [9.17, 15) is 8.78 Å². The molecule has 7 heteroatoms. The average molecular weight is 239 g/mol. The van der Waals surface area contributed by atoms with Gasteiger partial charge in [0.15, 0.2) is 10.1 Å². The summed E-state index contributed by atoms with van der Waals surface area (Å²) in [6.07, 6.45) is 1.44. The zero-order valence-electron chi connectivity index (χ0n) is 6.75. The van der Waals surface area contributed by atoms with E-state index in [-0.39, 0.29) is 5.15 Å². The zero-order chi connectivity index (χ0) is 10.3. The Balaban J connectivity index is 2.70. The van der Waals surface area contributed by atoms with E-state index in [1.807, 2.05) is 0 Å². The summed E-state index contributed by atoms with van der Waals surface area (Å²) in [5, 5.41) is 9.89. The number of halogens is 3. The van der Waals surface area contributed by atoms with E-state index in [2.05, 4.69) is 4.98 Å². The quantitative estimate of drug-likeness (QED) is 0.870. The third-order valence-electron chi connectivity index (χ3n) is 1.76. The van der Waals surface area contributed by atoms with Crippen LogP contribution in [-0.2, 0) is 5.92 Å². The van der Waals surface area contributed by atoms with Crippen LogP contribution in [0.3, 0.4) is 0 Å². The Bertz CT molecular complexity index is 467. The molecule has 0 aliphatic rings. The van der Waals surface area contributed by atoms with Crippen LogP contribution < -0.4 is 0 Å². The molecule has 0 aromatic carbocycles. The van der Waals surface area contributed by atoms with Crippen LogP contribution in [0.5, 0.6) is 0 Å². The number of alkyl halides is 2. The van der Waals surface area contributed by atoms with E-state index in [0.29, 0.717) is 4.96 Å². The second-order valence-corrected chi connectivity index (χ2v) is 3.90. The molecule has 0 spiro atoms. The van der Waals surface area contributed by atoms with Crippen molar-refractivity contribution in [2.24, 2.45) is 0 Å². The third kappa shape index (κ3) is 1.30. The van der Waals surface area contributed by atoms with Gasteiger partial charge in [-0.3, -0.25) is 4.40 Å². The molecule has 0 aliphatic carbocycles. The van der Waals surface area contributed by atoms with Gasteiger partial charge in [0.25, 0.3) is 0 Å². The van der Waals surface area contributed by atoms with Crippen molar-refractivity contribution in [3.63, 3.8) is 0 Å². The van der Waals surface area contributed by atoms with Crippen molar-refractivity contribution in [1.82, 2.24) is 9.38 Å². The second kappa shape index (κ2) is 3.15. The Labute approximate surface area is 86.6 Å². The van der Waals surface area contributed by atoms with Gasteiger partial charge in [0, 0.05) is 11.6 Å². The maximum atomic E-state index is 13.2. The smallest absolute Gasteiger partial charge is 0.313 e. The van der Waals surface area contributed by atoms with E-state index in [4.69, 9.17) is 16.7 Å². The summed E-state index contributed by atoms with van der Waals surface area (Å²) in [6, 6.07) is 0. The fraction of sp³-hybridized carbons (Fsp3) is 0.286. The first-order valence-corrected chi connectivity index (χ1v) is 4.92. The molecule has 76 valence electrons. The summed E-state index contributed by atoms with van der Waals surface area (Å²) in [5.41, 5.74) is -0.460. The monoisotopic (exact) mass is 238 g/mol. The maximum Gasteiger partial charge on any atom is 0.313 e. The minimum absolute atomic E-state index is 0.268. The van der Waals surface area contributed by atoms with Crippen molar-refractivity contribution in [2.75, 3.05) is 6.61 Å². The molecule has 0 radical (unpaired) electrons. The first kappa shape index (κ1) is 9.82. The Morgan fingerprint density at radius 2 is 2.36 bits per heavy atom. The van der Waals surface area contributed by atoms with E-state index in [1.165, 1.54) is 21.9 Å². The highest BCUT2D eigenvalue weighted by Crippen LogP contribution is 2.34. The minimum atomic E-state index is -3.36. The Morgan fingerprint density at radius 3 is 3.00 bits per heavy atom. The standard InChI is InChI=1S/C7H5ClF2N2OS/c8-5-4(7(9,10)3-13)12-1-2-14-6(12)11-5/h1-2,13H,3H2. The van der Waals surface area contributed by atoms with Gasteiger partial charge in [0.05, 0.1) is 0 Å². The van der Waals surface area contributed by atoms with Crippen LogP contribution in [-0.4, -0.2) is 21.1 Å². The van der Waals surface area contributed by atoms with Gasteiger partial charge in [-0.2, -0.15) is 8.78 Å². The fourth-order valence-electron chi connectivity index (χ4n) is 1.16. The summed E-state index contributed by atoms with van der Waals surface area (Å²) in [4.78, 5) is 4.13. The Morgan fingerprint density at radius 1 is 1.64 bits per heavy atom. The van der Waals surface area contributed by atoms with Gasteiger partial charge in [0.2, 0.25) is 0 Å². The molecule has 0 bridgehead atoms. The lowest BCUT2D eigenvalue weighted by Gasteiger charge is -2.11. The van der Waals surface area contributed by atoms with Crippen molar-refractivity contribution in [3.05, 3.63) is 22.4 Å². The fourth-order valence-corrected chi connectivity index (χ4v) is 2.23. The SMILES string of the molecule is OCC(F)(F)c1c(Cl)nc2sccn12. The summed E-state index contributed by atoms with van der Waals surface area (Å²) in [7, 11) is 0. The molecule has 2 rings (SSSR count). The van der Waals surface area contributed by atoms with Gasteiger partial charge in [0.1, 0.15) is 12.3 Å². The zero-order valence-corrected chi connectivity index (χ0v) is 8.32. The highest BCUT2D eigenvalue weighted by molar-refractivity contribution is 7.15. The van der Waals surface area contributed by atoms with Crippen LogP contribution in [0.25, 0.3) is 4.96 Å². The van der Waals surface area contributed by atoms with Crippen LogP contribution in [0.2, 0.25) is 5.15 Å². The van der Waals surface area contributed by atoms with Crippen molar-refractivity contribution >= 4 is 27.9 Å². The first-order chi connectivity index (χ1) is 6.56. The summed E-state index contributed by atoms with van der Waals surface area (Å²) < 4.78 is 27.6. The molecule has 0 saturated heterocycles. The van der Waals surface area contributed by atoms with Gasteiger partial charge in [-0.15, -0.1) is 11.3 Å². The lowest BCUT2D eigenvalue weighted by molar-refractivity contribution is -0.0597. The van der Waals surface area contributed by atoms with Gasteiger partial charge >= 0.3 is 5.92 Å². The van der Waals surface area contributed by atoms with Crippen molar-refractivity contribution in [2.45, 2.75) is 5.92 Å². The number of aromatic nitrogens is 2. The number of aliphatic hydroxyl groups excluding tert-OH is 1. The molecule has 0 saturated carbocycles. The molecule has 0 aliphatic heterocycles. The number of hydrogen-bond acceptors (Lipinski definition) is 3. The molecule has 2 aromatic heterocycles. The van der Waals surface area contributed by atoms with Gasteiger partial charge in [-0.1, -0.05) is 11.6 Å². The number of nitrogens with zero attached hydrogens (tertiary/aromatic N) is 2. The number of imidazole rings is 1. The van der Waals surface area contributed by atoms with Crippen molar-refractivity contribution in [3.8, 4) is 0 Å². The maximum absolute atomic E-state index is 13.2. The van der Waals surface area contributed by atoms with Crippen molar-refractivity contribution in [1.29, 1.82) is 0 Å². The summed E-state index contributed by atoms with van der Waals surface area (Å²) >= 11 is 6.76. The molecule has 0 atom stereocenters. The predicted octanol–water partition coefficient (Wildman–Crippen LogP) is 2.13. The van der Waals surface area contributed by atoms with Crippen molar-refractivity contribution < 1.29 is 13.9 Å². The van der Waals surface area contributed by atoms with Crippen LogP contribution in [0.15, 0.2) is 11.6 Å². The van der Waals surface area contributed by atoms with Gasteiger partial charge < -0.3 is 5.11 Å². The van der Waals surface area contributed by atoms with Gasteiger partial charge in [-0.25, -0.2) is 4.98 Å².